The Hall–Kier alpha value is -3.34. The predicted molar refractivity (Wildman–Crippen MR) is 334 cm³/mol. The van der Waals surface area contributed by atoms with E-state index in [0.717, 1.165) is 83.5 Å². The van der Waals surface area contributed by atoms with E-state index < -0.39 is 57.8 Å². The SMILES string of the molecule is CC/C=C\C/C=C\C/C=C\C/C=C\C/C=C\CCCC(=O)OCC(COP(=O)(O)OCC(CO)OC(=O)CCCCCCCCCCCCCCCCCCC)OC(=O)CCCCCCCCCCC/C=C\C/C=C\CCCCC. The first-order valence-electron chi connectivity index (χ1n) is 32.5. The Bertz CT molecular complexity index is 1670. The lowest BCUT2D eigenvalue weighted by molar-refractivity contribution is -0.161. The first-order chi connectivity index (χ1) is 39.2. The Morgan fingerprint density at radius 2 is 0.662 bits per heavy atom. The topological polar surface area (TPSA) is 155 Å². The third kappa shape index (κ3) is 59.3. The molecule has 11 nitrogen and oxygen atoms in total. The van der Waals surface area contributed by atoms with E-state index in [-0.39, 0.29) is 25.9 Å². The number of esters is 3. The molecule has 462 valence electrons. The molecule has 0 amide bonds. The summed E-state index contributed by atoms with van der Waals surface area (Å²) in [5.41, 5.74) is 0. The Morgan fingerprint density at radius 3 is 1.06 bits per heavy atom. The standard InChI is InChI=1S/C68H119O11P/c1-4-7-10-13-16-19-22-25-28-31-32-35-38-41-44-47-50-53-56-59-68(72)79-65(61-75-66(70)57-54-51-48-45-42-39-36-33-29-26-23-20-17-14-11-8-5-2)63-77-80(73,74)76-62-64(60-69)78-67(71)58-55-52-49-46-43-40-37-34-30-27-24-21-18-15-12-9-6-3/h8,11,16-17,19-20,25-26,28-29,36,39,45,48,64-65,69H,4-7,9-10,12-15,18,21-24,27,30-35,37-38,40-44,46-47,49-63H2,1-3H3,(H,73,74)/b11-8-,19-16-,20-17-,28-25-,29-26-,39-36-,48-45-. The van der Waals surface area contributed by atoms with E-state index in [4.69, 9.17) is 23.3 Å². The van der Waals surface area contributed by atoms with E-state index in [1.165, 1.54) is 141 Å². The molecule has 0 aliphatic heterocycles. The third-order valence-electron chi connectivity index (χ3n) is 13.8. The van der Waals surface area contributed by atoms with E-state index in [1.807, 2.05) is 6.08 Å². The molecule has 0 aromatic rings. The fourth-order valence-corrected chi connectivity index (χ4v) is 9.68. The van der Waals surface area contributed by atoms with Gasteiger partial charge in [-0.3, -0.25) is 23.4 Å². The highest BCUT2D eigenvalue weighted by molar-refractivity contribution is 7.47. The summed E-state index contributed by atoms with van der Waals surface area (Å²) in [5, 5.41) is 9.86. The Kier molecular flexibility index (Phi) is 59.1. The number of rotatable bonds is 60. The van der Waals surface area contributed by atoms with Crippen molar-refractivity contribution in [3.05, 3.63) is 85.1 Å². The number of ether oxygens (including phenoxy) is 3. The minimum absolute atomic E-state index is 0.146. The van der Waals surface area contributed by atoms with Crippen LogP contribution in [0.4, 0.5) is 0 Å². The van der Waals surface area contributed by atoms with Crippen molar-refractivity contribution in [3.63, 3.8) is 0 Å². The molecule has 0 saturated heterocycles. The van der Waals surface area contributed by atoms with E-state index in [2.05, 4.69) is 99.8 Å². The van der Waals surface area contributed by atoms with Crippen LogP contribution in [0.2, 0.25) is 0 Å². The maximum Gasteiger partial charge on any atom is 0.472 e. The summed E-state index contributed by atoms with van der Waals surface area (Å²) in [7, 11) is -4.77. The molecule has 0 aromatic heterocycles. The van der Waals surface area contributed by atoms with E-state index in [9.17, 15) is 28.9 Å². The number of unbranched alkanes of at least 4 members (excludes halogenated alkanes) is 29. The molecule has 2 N–H and O–H groups in total. The van der Waals surface area contributed by atoms with Crippen molar-refractivity contribution in [2.75, 3.05) is 26.4 Å². The molecule has 0 spiro atoms. The van der Waals surface area contributed by atoms with Gasteiger partial charge in [-0.25, -0.2) is 4.57 Å². The summed E-state index contributed by atoms with van der Waals surface area (Å²) in [4.78, 5) is 48.7. The van der Waals surface area contributed by atoms with E-state index in [0.29, 0.717) is 25.7 Å². The Labute approximate surface area is 490 Å². The minimum Gasteiger partial charge on any atom is -0.462 e. The summed E-state index contributed by atoms with van der Waals surface area (Å²) < 4.78 is 39.6. The summed E-state index contributed by atoms with van der Waals surface area (Å²) in [6, 6.07) is 0. The van der Waals surface area contributed by atoms with Gasteiger partial charge in [-0.2, -0.15) is 0 Å². The number of aliphatic hydroxyl groups excluding tert-OH is 1. The van der Waals surface area contributed by atoms with Gasteiger partial charge in [0.1, 0.15) is 12.7 Å². The van der Waals surface area contributed by atoms with Gasteiger partial charge in [0.2, 0.25) is 0 Å². The molecule has 0 heterocycles. The van der Waals surface area contributed by atoms with Crippen molar-refractivity contribution >= 4 is 25.7 Å². The van der Waals surface area contributed by atoms with Crippen LogP contribution >= 0.6 is 7.82 Å². The highest BCUT2D eigenvalue weighted by Gasteiger charge is 2.28. The average Bonchev–Trinajstić information content (AvgIpc) is 3.45. The van der Waals surface area contributed by atoms with Crippen molar-refractivity contribution in [1.29, 1.82) is 0 Å². The molecule has 0 aliphatic rings. The molecule has 0 bridgehead atoms. The van der Waals surface area contributed by atoms with Crippen LogP contribution in [-0.2, 0) is 42.2 Å². The summed E-state index contributed by atoms with van der Waals surface area (Å²) >= 11 is 0. The van der Waals surface area contributed by atoms with Crippen molar-refractivity contribution in [3.8, 4) is 0 Å². The van der Waals surface area contributed by atoms with Crippen LogP contribution in [0.15, 0.2) is 85.1 Å². The second kappa shape index (κ2) is 61.7. The lowest BCUT2D eigenvalue weighted by Crippen LogP contribution is -2.30. The normalized spacial score (nSPS) is 13.8. The smallest absolute Gasteiger partial charge is 0.462 e. The summed E-state index contributed by atoms with van der Waals surface area (Å²) in [6.45, 7) is 4.49. The maximum atomic E-state index is 13.0. The van der Waals surface area contributed by atoms with Gasteiger partial charge in [-0.15, -0.1) is 0 Å². The van der Waals surface area contributed by atoms with Crippen LogP contribution in [0.3, 0.4) is 0 Å². The molecule has 0 aliphatic carbocycles. The second-order valence-corrected chi connectivity index (χ2v) is 23.0. The maximum absolute atomic E-state index is 13.0. The molecular weight excluding hydrogens is 1020 g/mol. The predicted octanol–water partition coefficient (Wildman–Crippen LogP) is 19.8. The molecule has 12 heteroatoms. The lowest BCUT2D eigenvalue weighted by Gasteiger charge is -2.21. The number of aliphatic hydroxyl groups is 1. The van der Waals surface area contributed by atoms with Crippen molar-refractivity contribution < 1.29 is 52.2 Å². The first kappa shape index (κ1) is 76.7. The zero-order valence-electron chi connectivity index (χ0n) is 51.3. The fraction of sp³-hybridized carbons (Fsp3) is 0.750. The van der Waals surface area contributed by atoms with E-state index >= 15 is 0 Å². The van der Waals surface area contributed by atoms with Gasteiger partial charge in [-0.1, -0.05) is 266 Å². The van der Waals surface area contributed by atoms with Gasteiger partial charge < -0.3 is 24.2 Å². The first-order valence-corrected chi connectivity index (χ1v) is 34.0. The monoisotopic (exact) mass is 1140 g/mol. The number of hydrogen-bond acceptors (Lipinski definition) is 10. The van der Waals surface area contributed by atoms with Crippen LogP contribution in [0.25, 0.3) is 0 Å². The number of carbonyl (C=O) groups is 3. The van der Waals surface area contributed by atoms with Gasteiger partial charge in [0, 0.05) is 19.3 Å². The number of allylic oxidation sites excluding steroid dienone is 14. The second-order valence-electron chi connectivity index (χ2n) is 21.6. The van der Waals surface area contributed by atoms with Gasteiger partial charge in [0.05, 0.1) is 19.8 Å². The number of phosphoric ester groups is 1. The Morgan fingerprint density at radius 1 is 0.362 bits per heavy atom. The summed E-state index contributed by atoms with van der Waals surface area (Å²) in [5.74, 6) is -1.53. The summed E-state index contributed by atoms with van der Waals surface area (Å²) in [6.07, 6.45) is 72.5. The van der Waals surface area contributed by atoms with Crippen LogP contribution in [0.1, 0.15) is 290 Å². The number of phosphoric acid groups is 1. The van der Waals surface area contributed by atoms with Gasteiger partial charge in [0.25, 0.3) is 0 Å². The van der Waals surface area contributed by atoms with Crippen molar-refractivity contribution in [2.45, 2.75) is 303 Å². The number of carbonyl (C=O) groups excluding carboxylic acids is 3. The van der Waals surface area contributed by atoms with E-state index in [1.54, 1.807) is 0 Å². The van der Waals surface area contributed by atoms with Crippen LogP contribution in [0, 0.1) is 0 Å². The largest absolute Gasteiger partial charge is 0.472 e. The molecule has 0 radical (unpaired) electrons. The van der Waals surface area contributed by atoms with Crippen molar-refractivity contribution in [2.24, 2.45) is 0 Å². The highest BCUT2D eigenvalue weighted by atomic mass is 31.2. The molecular formula is C68H119O11P. The van der Waals surface area contributed by atoms with Crippen LogP contribution in [-0.4, -0.2) is 66.5 Å². The molecule has 0 saturated carbocycles. The molecule has 0 aromatic carbocycles. The van der Waals surface area contributed by atoms with Gasteiger partial charge in [0.15, 0.2) is 6.10 Å². The average molecular weight is 1140 g/mol. The van der Waals surface area contributed by atoms with Gasteiger partial charge >= 0.3 is 25.7 Å². The highest BCUT2D eigenvalue weighted by Crippen LogP contribution is 2.43. The zero-order chi connectivity index (χ0) is 58.3. The minimum atomic E-state index is -4.77. The lowest BCUT2D eigenvalue weighted by atomic mass is 10.0. The molecule has 3 atom stereocenters. The zero-order valence-corrected chi connectivity index (χ0v) is 52.2. The van der Waals surface area contributed by atoms with Crippen molar-refractivity contribution in [1.82, 2.24) is 0 Å². The van der Waals surface area contributed by atoms with Crippen LogP contribution in [0.5, 0.6) is 0 Å². The Balaban J connectivity index is 4.75. The van der Waals surface area contributed by atoms with Crippen LogP contribution < -0.4 is 0 Å². The quantitative estimate of drug-likeness (QED) is 0.0197. The molecule has 80 heavy (non-hydrogen) atoms. The molecule has 0 fully saturated rings. The molecule has 3 unspecified atom stereocenters. The fourth-order valence-electron chi connectivity index (χ4n) is 8.89. The molecule has 0 rings (SSSR count). The third-order valence-corrected chi connectivity index (χ3v) is 14.8. The van der Waals surface area contributed by atoms with Gasteiger partial charge in [-0.05, 0) is 89.9 Å². The number of hydrogen-bond donors (Lipinski definition) is 2.